The molecule has 1 N–H and O–H groups in total. The third-order valence-corrected chi connectivity index (χ3v) is 3.85. The van der Waals surface area contributed by atoms with Crippen LogP contribution < -0.4 is 5.32 Å². The summed E-state index contributed by atoms with van der Waals surface area (Å²) in [6.45, 7) is 5.24. The predicted octanol–water partition coefficient (Wildman–Crippen LogP) is 3.45. The largest absolute Gasteiger partial charge is 0.314 e. The van der Waals surface area contributed by atoms with E-state index in [0.717, 1.165) is 24.4 Å². The molecule has 1 nitrogen and oxygen atoms in total. The smallest absolute Gasteiger partial charge is 0.123 e. The fourth-order valence-corrected chi connectivity index (χ4v) is 2.93. The minimum absolute atomic E-state index is 0.122. The van der Waals surface area contributed by atoms with Crippen molar-refractivity contribution in [2.75, 3.05) is 6.54 Å². The van der Waals surface area contributed by atoms with Gasteiger partial charge in [-0.2, -0.15) is 0 Å². The zero-order valence-electron chi connectivity index (χ0n) is 10.8. The van der Waals surface area contributed by atoms with Crippen LogP contribution in [0.3, 0.4) is 0 Å². The van der Waals surface area contributed by atoms with Crippen LogP contribution in [0, 0.1) is 18.7 Å². The summed E-state index contributed by atoms with van der Waals surface area (Å²) in [5.74, 6) is 0.645. The van der Waals surface area contributed by atoms with Gasteiger partial charge in [0.05, 0.1) is 0 Å². The quantitative estimate of drug-likeness (QED) is 0.842. The molecule has 94 valence electrons. The fraction of sp³-hybridized carbons (Fsp3) is 0.600. The van der Waals surface area contributed by atoms with Gasteiger partial charge in [-0.05, 0) is 68.3 Å². The first kappa shape index (κ1) is 12.6. The second kappa shape index (κ2) is 5.63. The Morgan fingerprint density at radius 3 is 2.88 bits per heavy atom. The molecule has 1 aromatic rings. The van der Waals surface area contributed by atoms with Crippen molar-refractivity contribution in [3.05, 3.63) is 35.1 Å². The highest BCUT2D eigenvalue weighted by Crippen LogP contribution is 2.29. The van der Waals surface area contributed by atoms with Crippen LogP contribution in [0.4, 0.5) is 4.39 Å². The van der Waals surface area contributed by atoms with E-state index in [2.05, 4.69) is 12.2 Å². The highest BCUT2D eigenvalue weighted by atomic mass is 19.1. The Bertz CT molecular complexity index is 375. The molecule has 0 radical (unpaired) electrons. The molecule has 0 spiro atoms. The van der Waals surface area contributed by atoms with Crippen molar-refractivity contribution in [2.45, 2.75) is 45.6 Å². The first-order chi connectivity index (χ1) is 8.19. The molecular weight excluding hydrogens is 213 g/mol. The molecular formula is C15H22FN. The minimum atomic E-state index is -0.122. The molecule has 1 aliphatic rings. The number of nitrogens with one attached hydrogen (secondary N) is 1. The molecule has 1 aromatic carbocycles. The second-order valence-electron chi connectivity index (χ2n) is 5.21. The standard InChI is InChI=1S/C15H22FN/c1-3-17-15-7-4-12(10-15)9-13-5-6-14(16)8-11(13)2/h5-6,8,12,15,17H,3-4,7,9-10H2,1-2H3. The zero-order valence-corrected chi connectivity index (χ0v) is 10.8. The van der Waals surface area contributed by atoms with E-state index in [0.29, 0.717) is 6.04 Å². The van der Waals surface area contributed by atoms with E-state index in [1.807, 2.05) is 13.0 Å². The topological polar surface area (TPSA) is 12.0 Å². The maximum Gasteiger partial charge on any atom is 0.123 e. The van der Waals surface area contributed by atoms with Gasteiger partial charge in [-0.1, -0.05) is 13.0 Å². The first-order valence-electron chi connectivity index (χ1n) is 6.67. The van der Waals surface area contributed by atoms with Crippen LogP contribution in [0.15, 0.2) is 18.2 Å². The Labute approximate surface area is 103 Å². The molecule has 2 atom stereocenters. The lowest BCUT2D eigenvalue weighted by Gasteiger charge is -2.13. The highest BCUT2D eigenvalue weighted by molar-refractivity contribution is 5.27. The molecule has 17 heavy (non-hydrogen) atoms. The van der Waals surface area contributed by atoms with E-state index < -0.39 is 0 Å². The summed E-state index contributed by atoms with van der Waals surface area (Å²) in [6.07, 6.45) is 4.96. The lowest BCUT2D eigenvalue weighted by molar-refractivity contribution is 0.492. The lowest BCUT2D eigenvalue weighted by Crippen LogP contribution is -2.25. The summed E-state index contributed by atoms with van der Waals surface area (Å²) in [6, 6.07) is 5.88. The van der Waals surface area contributed by atoms with Crippen LogP contribution in [-0.4, -0.2) is 12.6 Å². The molecule has 0 aliphatic heterocycles. The molecule has 0 bridgehead atoms. The second-order valence-corrected chi connectivity index (χ2v) is 5.21. The summed E-state index contributed by atoms with van der Waals surface area (Å²) >= 11 is 0. The monoisotopic (exact) mass is 235 g/mol. The van der Waals surface area contributed by atoms with Crippen LogP contribution >= 0.6 is 0 Å². The van der Waals surface area contributed by atoms with Gasteiger partial charge in [-0.25, -0.2) is 4.39 Å². The molecule has 0 heterocycles. The summed E-state index contributed by atoms with van der Waals surface area (Å²) in [4.78, 5) is 0. The van der Waals surface area contributed by atoms with Crippen molar-refractivity contribution in [1.82, 2.24) is 5.32 Å². The van der Waals surface area contributed by atoms with E-state index in [9.17, 15) is 4.39 Å². The van der Waals surface area contributed by atoms with E-state index >= 15 is 0 Å². The lowest BCUT2D eigenvalue weighted by atomic mass is 9.95. The van der Waals surface area contributed by atoms with Gasteiger partial charge in [0.2, 0.25) is 0 Å². The molecule has 0 amide bonds. The maximum absolute atomic E-state index is 13.0. The number of hydrogen-bond donors (Lipinski definition) is 1. The molecule has 1 fully saturated rings. The SMILES string of the molecule is CCNC1CCC(Cc2ccc(F)cc2C)C1. The highest BCUT2D eigenvalue weighted by Gasteiger charge is 2.24. The molecule has 1 saturated carbocycles. The Balaban J connectivity index is 1.93. The molecule has 2 heteroatoms. The summed E-state index contributed by atoms with van der Waals surface area (Å²) in [7, 11) is 0. The average Bonchev–Trinajstić information content (AvgIpc) is 2.71. The Kier molecular flexibility index (Phi) is 4.16. The van der Waals surface area contributed by atoms with Crippen molar-refractivity contribution in [3.63, 3.8) is 0 Å². The molecule has 1 aliphatic carbocycles. The van der Waals surface area contributed by atoms with Crippen molar-refractivity contribution in [3.8, 4) is 0 Å². The van der Waals surface area contributed by atoms with E-state index in [1.165, 1.54) is 24.8 Å². The average molecular weight is 235 g/mol. The van der Waals surface area contributed by atoms with Crippen molar-refractivity contribution in [2.24, 2.45) is 5.92 Å². The van der Waals surface area contributed by atoms with E-state index in [1.54, 1.807) is 12.1 Å². The maximum atomic E-state index is 13.0. The first-order valence-corrected chi connectivity index (χ1v) is 6.67. The molecule has 0 aromatic heterocycles. The van der Waals surface area contributed by atoms with Crippen molar-refractivity contribution >= 4 is 0 Å². The van der Waals surface area contributed by atoms with Gasteiger partial charge in [0.25, 0.3) is 0 Å². The minimum Gasteiger partial charge on any atom is -0.314 e. The third-order valence-electron chi connectivity index (χ3n) is 3.85. The Morgan fingerprint density at radius 2 is 2.18 bits per heavy atom. The van der Waals surface area contributed by atoms with Gasteiger partial charge in [-0.3, -0.25) is 0 Å². The van der Waals surface area contributed by atoms with E-state index in [-0.39, 0.29) is 5.82 Å². The number of benzene rings is 1. The normalized spacial score (nSPS) is 24.2. The van der Waals surface area contributed by atoms with Crippen molar-refractivity contribution < 1.29 is 4.39 Å². The molecule has 2 rings (SSSR count). The third kappa shape index (κ3) is 3.29. The Hall–Kier alpha value is -0.890. The van der Waals surface area contributed by atoms with Gasteiger partial charge < -0.3 is 5.32 Å². The van der Waals surface area contributed by atoms with Crippen LogP contribution in [0.1, 0.15) is 37.3 Å². The van der Waals surface area contributed by atoms with Gasteiger partial charge in [0.15, 0.2) is 0 Å². The van der Waals surface area contributed by atoms with Crippen LogP contribution in [-0.2, 0) is 6.42 Å². The van der Waals surface area contributed by atoms with Gasteiger partial charge >= 0.3 is 0 Å². The number of halogens is 1. The van der Waals surface area contributed by atoms with Crippen LogP contribution in [0.5, 0.6) is 0 Å². The predicted molar refractivity (Wildman–Crippen MR) is 69.6 cm³/mol. The fourth-order valence-electron chi connectivity index (χ4n) is 2.93. The van der Waals surface area contributed by atoms with Gasteiger partial charge in [-0.15, -0.1) is 0 Å². The number of rotatable bonds is 4. The van der Waals surface area contributed by atoms with Crippen molar-refractivity contribution in [1.29, 1.82) is 0 Å². The van der Waals surface area contributed by atoms with E-state index in [4.69, 9.17) is 0 Å². The molecule has 0 saturated heterocycles. The summed E-state index contributed by atoms with van der Waals surface area (Å²) < 4.78 is 13.0. The zero-order chi connectivity index (χ0) is 12.3. The van der Waals surface area contributed by atoms with Crippen LogP contribution in [0.2, 0.25) is 0 Å². The Morgan fingerprint density at radius 1 is 1.35 bits per heavy atom. The van der Waals surface area contributed by atoms with Gasteiger partial charge in [0, 0.05) is 6.04 Å². The summed E-state index contributed by atoms with van der Waals surface area (Å²) in [5, 5.41) is 3.52. The number of aryl methyl sites for hydroxylation is 1. The van der Waals surface area contributed by atoms with Crippen LogP contribution in [0.25, 0.3) is 0 Å². The van der Waals surface area contributed by atoms with Gasteiger partial charge in [0.1, 0.15) is 5.82 Å². The summed E-state index contributed by atoms with van der Waals surface area (Å²) in [5.41, 5.74) is 2.41. The molecule has 2 unspecified atom stereocenters. The number of hydrogen-bond acceptors (Lipinski definition) is 1.